The van der Waals surface area contributed by atoms with Crippen LogP contribution in [0.2, 0.25) is 0 Å². The minimum absolute atomic E-state index is 0.481. The summed E-state index contributed by atoms with van der Waals surface area (Å²) in [5, 5.41) is 3.33. The van der Waals surface area contributed by atoms with Crippen molar-refractivity contribution in [3.63, 3.8) is 0 Å². The average molecular weight is 539 g/mol. The second kappa shape index (κ2) is 31.8. The highest BCUT2D eigenvalue weighted by Gasteiger charge is 2.06. The van der Waals surface area contributed by atoms with Crippen LogP contribution in [0.4, 0.5) is 0 Å². The number of rotatable bonds is 32. The van der Waals surface area contributed by atoms with Gasteiger partial charge in [0.15, 0.2) is 0 Å². The Morgan fingerprint density at radius 3 is 1.05 bits per heavy atom. The maximum Gasteiger partial charge on any atom is 0.0701 e. The predicted molar refractivity (Wildman–Crippen MR) is 147 cm³/mol. The number of nitrogens with one attached hydrogen (secondary N) is 1. The van der Waals surface area contributed by atoms with E-state index in [0.29, 0.717) is 98.5 Å². The van der Waals surface area contributed by atoms with Crippen LogP contribution >= 0.6 is 0 Å². The zero-order valence-corrected chi connectivity index (χ0v) is 24.3. The van der Waals surface area contributed by atoms with Gasteiger partial charge < -0.3 is 43.2 Å². The van der Waals surface area contributed by atoms with Gasteiger partial charge in [0.05, 0.1) is 92.5 Å². The van der Waals surface area contributed by atoms with Crippen molar-refractivity contribution >= 4 is 0 Å². The molecule has 0 fully saturated rings. The third-order valence-electron chi connectivity index (χ3n) is 5.01. The molecule has 0 saturated carbocycles. The molecule has 0 spiro atoms. The lowest BCUT2D eigenvalue weighted by atomic mass is 10.4. The molecule has 0 amide bonds. The van der Waals surface area contributed by atoms with Crippen LogP contribution in [0.25, 0.3) is 0 Å². The van der Waals surface area contributed by atoms with Crippen LogP contribution in [0.3, 0.4) is 0 Å². The molecule has 0 aliphatic rings. The molecule has 0 bridgehead atoms. The Morgan fingerprint density at radius 2 is 0.730 bits per heavy atom. The summed E-state index contributed by atoms with van der Waals surface area (Å²) in [5.41, 5.74) is 0. The van der Waals surface area contributed by atoms with Crippen molar-refractivity contribution in [1.82, 2.24) is 10.2 Å². The average Bonchev–Trinajstić information content (AvgIpc) is 2.89. The van der Waals surface area contributed by atoms with E-state index in [-0.39, 0.29) is 0 Å². The predicted octanol–water partition coefficient (Wildman–Crippen LogP) is 2.24. The van der Waals surface area contributed by atoms with Crippen LogP contribution in [-0.2, 0) is 37.9 Å². The van der Waals surface area contributed by atoms with Crippen LogP contribution in [0.5, 0.6) is 0 Å². The van der Waals surface area contributed by atoms with Crippen LogP contribution < -0.4 is 5.32 Å². The Hall–Kier alpha value is -0.400. The summed E-state index contributed by atoms with van der Waals surface area (Å²) in [5.74, 6) is 0. The van der Waals surface area contributed by atoms with E-state index in [1.165, 1.54) is 0 Å². The summed E-state index contributed by atoms with van der Waals surface area (Å²) in [6, 6.07) is 0.481. The van der Waals surface area contributed by atoms with Gasteiger partial charge in [-0.3, -0.25) is 4.90 Å². The molecule has 10 nitrogen and oxygen atoms in total. The summed E-state index contributed by atoms with van der Waals surface area (Å²) in [6.07, 6.45) is 2.06. The number of nitrogens with zero attached hydrogens (tertiary/aromatic N) is 1. The first-order chi connectivity index (χ1) is 18.2. The highest BCUT2D eigenvalue weighted by Crippen LogP contribution is 1.93. The van der Waals surface area contributed by atoms with Crippen LogP contribution in [-0.4, -0.2) is 143 Å². The van der Waals surface area contributed by atoms with Gasteiger partial charge in [0.25, 0.3) is 0 Å². The van der Waals surface area contributed by atoms with Crippen molar-refractivity contribution in [1.29, 1.82) is 0 Å². The summed E-state index contributed by atoms with van der Waals surface area (Å²) >= 11 is 0. The zero-order valence-electron chi connectivity index (χ0n) is 24.3. The van der Waals surface area contributed by atoms with Crippen molar-refractivity contribution in [2.75, 3.05) is 132 Å². The van der Waals surface area contributed by atoms with Gasteiger partial charge in [0.1, 0.15) is 0 Å². The first kappa shape index (κ1) is 36.6. The summed E-state index contributed by atoms with van der Waals surface area (Å²) in [4.78, 5) is 2.30. The molecule has 0 aromatic rings. The van der Waals surface area contributed by atoms with Gasteiger partial charge in [0.2, 0.25) is 0 Å². The highest BCUT2D eigenvalue weighted by molar-refractivity contribution is 4.57. The Kier molecular flexibility index (Phi) is 31.5. The molecule has 0 aliphatic carbocycles. The van der Waals surface area contributed by atoms with Gasteiger partial charge in [0, 0.05) is 45.4 Å². The second-order valence-corrected chi connectivity index (χ2v) is 8.85. The summed E-state index contributed by atoms with van der Waals surface area (Å²) in [7, 11) is 0. The zero-order chi connectivity index (χ0) is 27.1. The molecule has 0 heterocycles. The second-order valence-electron chi connectivity index (χ2n) is 8.85. The number of hydrogen-bond acceptors (Lipinski definition) is 10. The summed E-state index contributed by atoms with van der Waals surface area (Å²) < 4.78 is 44.7. The fourth-order valence-electron chi connectivity index (χ4n) is 3.03. The smallest absolute Gasteiger partial charge is 0.0701 e. The number of hydrogen-bond donors (Lipinski definition) is 1. The lowest BCUT2D eigenvalue weighted by Crippen LogP contribution is -2.34. The Labute approximate surface area is 226 Å². The monoisotopic (exact) mass is 538 g/mol. The standard InChI is InChI=1S/C27H58N2O8/c1-5-11-30-17-23-36-25-21-34-15-9-29(8-14-33-20-19-32-13-7-28-27(3)4)10-16-35-22-26-37-24-18-31-12-6-2/h27-28H,5-26H2,1-4H3. The topological polar surface area (TPSA) is 89.1 Å². The molecular weight excluding hydrogens is 480 g/mol. The van der Waals surface area contributed by atoms with E-state index >= 15 is 0 Å². The lowest BCUT2D eigenvalue weighted by molar-refractivity contribution is -0.00271. The summed E-state index contributed by atoms with van der Waals surface area (Å²) in [6.45, 7) is 22.0. The molecule has 0 aromatic heterocycles. The number of ether oxygens (including phenoxy) is 8. The van der Waals surface area contributed by atoms with E-state index in [1.807, 2.05) is 0 Å². The fraction of sp³-hybridized carbons (Fsp3) is 1.00. The van der Waals surface area contributed by atoms with Crippen LogP contribution in [0.1, 0.15) is 40.5 Å². The first-order valence-electron chi connectivity index (χ1n) is 14.3. The van der Waals surface area contributed by atoms with Crippen LogP contribution in [0.15, 0.2) is 0 Å². The van der Waals surface area contributed by atoms with Gasteiger partial charge in [-0.25, -0.2) is 0 Å². The Bertz CT molecular complexity index is 398. The van der Waals surface area contributed by atoms with Gasteiger partial charge in [-0.05, 0) is 12.8 Å². The van der Waals surface area contributed by atoms with Gasteiger partial charge in [-0.1, -0.05) is 27.7 Å². The Balaban J connectivity index is 3.89. The van der Waals surface area contributed by atoms with Crippen molar-refractivity contribution in [3.8, 4) is 0 Å². The van der Waals surface area contributed by atoms with Crippen molar-refractivity contribution in [2.24, 2.45) is 0 Å². The molecule has 0 saturated heterocycles. The van der Waals surface area contributed by atoms with E-state index in [0.717, 1.165) is 52.2 Å². The molecule has 0 aliphatic heterocycles. The normalized spacial score (nSPS) is 11.8. The van der Waals surface area contributed by atoms with Crippen molar-refractivity contribution in [3.05, 3.63) is 0 Å². The molecule has 37 heavy (non-hydrogen) atoms. The van der Waals surface area contributed by atoms with Crippen LogP contribution in [0, 0.1) is 0 Å². The van der Waals surface area contributed by atoms with E-state index in [1.54, 1.807) is 0 Å². The van der Waals surface area contributed by atoms with Gasteiger partial charge in [-0.15, -0.1) is 0 Å². The highest BCUT2D eigenvalue weighted by atomic mass is 16.6. The molecule has 0 radical (unpaired) electrons. The van der Waals surface area contributed by atoms with Gasteiger partial charge in [-0.2, -0.15) is 0 Å². The molecular formula is C27H58N2O8. The van der Waals surface area contributed by atoms with Crippen molar-refractivity contribution in [2.45, 2.75) is 46.6 Å². The van der Waals surface area contributed by atoms with E-state index < -0.39 is 0 Å². The van der Waals surface area contributed by atoms with E-state index in [4.69, 9.17) is 37.9 Å². The molecule has 0 atom stereocenters. The maximum atomic E-state index is 5.76. The van der Waals surface area contributed by atoms with E-state index in [9.17, 15) is 0 Å². The molecule has 224 valence electrons. The quantitative estimate of drug-likeness (QED) is 0.129. The minimum Gasteiger partial charge on any atom is -0.379 e. The van der Waals surface area contributed by atoms with E-state index in [2.05, 4.69) is 37.9 Å². The molecule has 0 unspecified atom stereocenters. The molecule has 0 rings (SSSR count). The third kappa shape index (κ3) is 31.7. The minimum atomic E-state index is 0.481. The first-order valence-corrected chi connectivity index (χ1v) is 14.3. The molecule has 10 heteroatoms. The van der Waals surface area contributed by atoms with Gasteiger partial charge >= 0.3 is 0 Å². The Morgan fingerprint density at radius 1 is 0.432 bits per heavy atom. The maximum absolute atomic E-state index is 5.76. The third-order valence-corrected chi connectivity index (χ3v) is 5.01. The fourth-order valence-corrected chi connectivity index (χ4v) is 3.03. The molecule has 0 aromatic carbocycles. The SMILES string of the molecule is CCCOCCOCCOCCN(CCOCCOCCNC(C)C)CCOCCOCCOCCC. The lowest BCUT2D eigenvalue weighted by Gasteiger charge is -2.22. The molecule has 1 N–H and O–H groups in total. The van der Waals surface area contributed by atoms with Crippen molar-refractivity contribution < 1.29 is 37.9 Å². The largest absolute Gasteiger partial charge is 0.379 e.